The van der Waals surface area contributed by atoms with Crippen LogP contribution in [0.4, 0.5) is 0 Å². The quantitative estimate of drug-likeness (QED) is 0.703. The molecule has 0 aromatic carbocycles. The van der Waals surface area contributed by atoms with Gasteiger partial charge in [-0.3, -0.25) is 0 Å². The van der Waals surface area contributed by atoms with Crippen LogP contribution < -0.4 is 5.32 Å². The fraction of sp³-hybridized carbons (Fsp3) is 1.00. The first-order valence-corrected chi connectivity index (χ1v) is 5.64. The van der Waals surface area contributed by atoms with Gasteiger partial charge in [-0.1, -0.05) is 20.8 Å². The Kier molecular flexibility index (Phi) is 4.35. The van der Waals surface area contributed by atoms with Gasteiger partial charge in [-0.25, -0.2) is 0 Å². The third-order valence-electron chi connectivity index (χ3n) is 2.92. The third kappa shape index (κ3) is 3.56. The van der Waals surface area contributed by atoms with Gasteiger partial charge in [0.15, 0.2) is 0 Å². The van der Waals surface area contributed by atoms with E-state index in [2.05, 4.69) is 31.0 Å². The molecular formula is C11H24N2O. The molecule has 1 unspecified atom stereocenters. The Bertz CT molecular complexity index is 171. The minimum atomic E-state index is 0.287. The topological polar surface area (TPSA) is 35.5 Å². The van der Waals surface area contributed by atoms with E-state index in [1.807, 2.05) is 0 Å². The van der Waals surface area contributed by atoms with Crippen molar-refractivity contribution in [1.29, 1.82) is 0 Å². The summed E-state index contributed by atoms with van der Waals surface area (Å²) in [4.78, 5) is 2.47. The zero-order valence-corrected chi connectivity index (χ0v) is 9.71. The second-order valence-electron chi connectivity index (χ2n) is 5.08. The fourth-order valence-electron chi connectivity index (χ4n) is 2.11. The molecule has 1 heterocycles. The van der Waals surface area contributed by atoms with Crippen LogP contribution in [0.2, 0.25) is 0 Å². The zero-order valence-electron chi connectivity index (χ0n) is 9.71. The van der Waals surface area contributed by atoms with E-state index in [4.69, 9.17) is 5.11 Å². The van der Waals surface area contributed by atoms with Crippen LogP contribution in [0, 0.1) is 5.41 Å². The van der Waals surface area contributed by atoms with Crippen molar-refractivity contribution in [3.8, 4) is 0 Å². The van der Waals surface area contributed by atoms with Gasteiger partial charge in [0, 0.05) is 32.3 Å². The minimum absolute atomic E-state index is 0.287. The number of likely N-dealkylation sites (N-methyl/N-ethyl adjacent to an activating group) is 1. The second-order valence-corrected chi connectivity index (χ2v) is 5.08. The summed E-state index contributed by atoms with van der Waals surface area (Å²) in [5, 5.41) is 12.5. The molecule has 1 aliphatic heterocycles. The maximum atomic E-state index is 8.94. The van der Waals surface area contributed by atoms with Crippen LogP contribution in [0.25, 0.3) is 0 Å². The maximum Gasteiger partial charge on any atom is 0.0446 e. The van der Waals surface area contributed by atoms with Gasteiger partial charge in [-0.2, -0.15) is 0 Å². The molecule has 1 atom stereocenters. The van der Waals surface area contributed by atoms with Crippen molar-refractivity contribution in [2.75, 3.05) is 32.8 Å². The summed E-state index contributed by atoms with van der Waals surface area (Å²) in [6.45, 7) is 11.5. The summed E-state index contributed by atoms with van der Waals surface area (Å²) < 4.78 is 0. The Hall–Kier alpha value is -0.120. The molecule has 2 N–H and O–H groups in total. The molecule has 0 saturated carbocycles. The molecule has 3 heteroatoms. The van der Waals surface area contributed by atoms with E-state index in [9.17, 15) is 0 Å². The number of hydrogen-bond acceptors (Lipinski definition) is 3. The van der Waals surface area contributed by atoms with Gasteiger partial charge in [-0.05, 0) is 18.4 Å². The van der Waals surface area contributed by atoms with E-state index in [-0.39, 0.29) is 6.61 Å². The monoisotopic (exact) mass is 200 g/mol. The van der Waals surface area contributed by atoms with E-state index in [1.165, 1.54) is 0 Å². The van der Waals surface area contributed by atoms with Crippen LogP contribution in [0.1, 0.15) is 27.2 Å². The molecule has 0 aromatic rings. The van der Waals surface area contributed by atoms with Crippen LogP contribution in [0.15, 0.2) is 0 Å². The molecule has 1 fully saturated rings. The third-order valence-corrected chi connectivity index (χ3v) is 2.92. The van der Waals surface area contributed by atoms with Crippen LogP contribution in [-0.4, -0.2) is 48.8 Å². The van der Waals surface area contributed by atoms with E-state index in [0.717, 1.165) is 32.6 Å². The van der Waals surface area contributed by atoms with Gasteiger partial charge in [0.2, 0.25) is 0 Å². The van der Waals surface area contributed by atoms with Gasteiger partial charge in [-0.15, -0.1) is 0 Å². The van der Waals surface area contributed by atoms with E-state index < -0.39 is 0 Å². The summed E-state index contributed by atoms with van der Waals surface area (Å²) in [5.74, 6) is 0. The SMILES string of the molecule is CCN1CC(CCO)NCC(C)(C)C1. The normalized spacial score (nSPS) is 28.7. The zero-order chi connectivity index (χ0) is 10.6. The average molecular weight is 200 g/mol. The summed E-state index contributed by atoms with van der Waals surface area (Å²) in [7, 11) is 0. The fourth-order valence-corrected chi connectivity index (χ4v) is 2.11. The molecule has 0 amide bonds. The maximum absolute atomic E-state index is 8.94. The van der Waals surface area contributed by atoms with Crippen molar-refractivity contribution >= 4 is 0 Å². The molecule has 1 rings (SSSR count). The largest absolute Gasteiger partial charge is 0.396 e. The van der Waals surface area contributed by atoms with Crippen molar-refractivity contribution in [2.24, 2.45) is 5.41 Å². The molecule has 0 spiro atoms. The highest BCUT2D eigenvalue weighted by molar-refractivity contribution is 4.85. The smallest absolute Gasteiger partial charge is 0.0446 e. The first kappa shape index (κ1) is 12.0. The second kappa shape index (κ2) is 5.10. The molecule has 0 radical (unpaired) electrons. The van der Waals surface area contributed by atoms with Crippen molar-refractivity contribution in [3.05, 3.63) is 0 Å². The van der Waals surface area contributed by atoms with Gasteiger partial charge < -0.3 is 15.3 Å². The van der Waals surface area contributed by atoms with Crippen LogP contribution in [-0.2, 0) is 0 Å². The molecule has 1 saturated heterocycles. The highest BCUT2D eigenvalue weighted by Gasteiger charge is 2.27. The number of aliphatic hydroxyl groups excluding tert-OH is 1. The Morgan fingerprint density at radius 3 is 2.79 bits per heavy atom. The van der Waals surface area contributed by atoms with Gasteiger partial charge in [0.25, 0.3) is 0 Å². The van der Waals surface area contributed by atoms with E-state index in [1.54, 1.807) is 0 Å². The number of nitrogens with one attached hydrogen (secondary N) is 1. The van der Waals surface area contributed by atoms with Gasteiger partial charge in [0.05, 0.1) is 0 Å². The molecule has 0 aliphatic carbocycles. The highest BCUT2D eigenvalue weighted by Crippen LogP contribution is 2.19. The lowest BCUT2D eigenvalue weighted by Gasteiger charge is -2.28. The molecule has 84 valence electrons. The van der Waals surface area contributed by atoms with Crippen molar-refractivity contribution in [3.63, 3.8) is 0 Å². The molecule has 14 heavy (non-hydrogen) atoms. The predicted octanol–water partition coefficient (Wildman–Crippen LogP) is 0.689. The number of nitrogens with zero attached hydrogens (tertiary/aromatic N) is 1. The number of hydrogen-bond donors (Lipinski definition) is 2. The number of aliphatic hydroxyl groups is 1. The molecule has 0 aromatic heterocycles. The Morgan fingerprint density at radius 2 is 2.21 bits per heavy atom. The Balaban J connectivity index is 2.54. The van der Waals surface area contributed by atoms with Crippen molar-refractivity contribution in [1.82, 2.24) is 10.2 Å². The minimum Gasteiger partial charge on any atom is -0.396 e. The summed E-state index contributed by atoms with van der Waals surface area (Å²) in [6, 6.07) is 0.460. The van der Waals surface area contributed by atoms with Crippen molar-refractivity contribution in [2.45, 2.75) is 33.2 Å². The Labute approximate surface area is 87.5 Å². The van der Waals surface area contributed by atoms with Crippen molar-refractivity contribution < 1.29 is 5.11 Å². The Morgan fingerprint density at radius 1 is 1.50 bits per heavy atom. The molecule has 0 bridgehead atoms. The van der Waals surface area contributed by atoms with E-state index in [0.29, 0.717) is 11.5 Å². The first-order chi connectivity index (χ1) is 6.57. The van der Waals surface area contributed by atoms with Crippen LogP contribution in [0.5, 0.6) is 0 Å². The van der Waals surface area contributed by atoms with Crippen LogP contribution in [0.3, 0.4) is 0 Å². The lowest BCUT2D eigenvalue weighted by atomic mass is 9.93. The summed E-state index contributed by atoms with van der Waals surface area (Å²) >= 11 is 0. The van der Waals surface area contributed by atoms with Crippen LogP contribution >= 0.6 is 0 Å². The standard InChI is InChI=1S/C11H24N2O/c1-4-13-7-10(5-6-14)12-8-11(2,3)9-13/h10,12,14H,4-9H2,1-3H3. The summed E-state index contributed by atoms with van der Waals surface area (Å²) in [6.07, 6.45) is 0.868. The molecule has 3 nitrogen and oxygen atoms in total. The predicted molar refractivity (Wildman–Crippen MR) is 59.4 cm³/mol. The number of rotatable bonds is 3. The lowest BCUT2D eigenvalue weighted by molar-refractivity contribution is 0.202. The average Bonchev–Trinajstić information content (AvgIpc) is 2.26. The molecule has 1 aliphatic rings. The highest BCUT2D eigenvalue weighted by atomic mass is 16.3. The lowest BCUT2D eigenvalue weighted by Crippen LogP contribution is -2.38. The van der Waals surface area contributed by atoms with E-state index >= 15 is 0 Å². The van der Waals surface area contributed by atoms with Gasteiger partial charge in [0.1, 0.15) is 0 Å². The first-order valence-electron chi connectivity index (χ1n) is 5.64. The summed E-state index contributed by atoms with van der Waals surface area (Å²) in [5.41, 5.74) is 0.347. The molecular weight excluding hydrogens is 176 g/mol. The van der Waals surface area contributed by atoms with Gasteiger partial charge >= 0.3 is 0 Å².